The molecule has 3 rings (SSSR count). The molecule has 1 fully saturated rings. The third-order valence-electron chi connectivity index (χ3n) is 4.82. The fourth-order valence-electron chi connectivity index (χ4n) is 3.20. The van der Waals surface area contributed by atoms with Crippen LogP contribution < -0.4 is 5.32 Å². The molecule has 28 heavy (non-hydrogen) atoms. The van der Waals surface area contributed by atoms with Crippen molar-refractivity contribution >= 4 is 27.5 Å². The number of halogens is 1. The Balaban J connectivity index is 1.57. The highest BCUT2D eigenvalue weighted by molar-refractivity contribution is 9.10. The molecule has 0 bridgehead atoms. The van der Waals surface area contributed by atoms with Crippen LogP contribution in [0.15, 0.2) is 64.8 Å². The first kappa shape index (κ1) is 20.1. The van der Waals surface area contributed by atoms with Crippen LogP contribution in [0.4, 0.5) is 5.69 Å². The second kappa shape index (κ2) is 9.54. The number of rotatable bonds is 5. The van der Waals surface area contributed by atoms with Crippen molar-refractivity contribution in [3.05, 3.63) is 75.9 Å². The van der Waals surface area contributed by atoms with Crippen LogP contribution in [0.3, 0.4) is 0 Å². The van der Waals surface area contributed by atoms with E-state index in [4.69, 9.17) is 0 Å². The Morgan fingerprint density at radius 2 is 1.89 bits per heavy atom. The van der Waals surface area contributed by atoms with Gasteiger partial charge in [0, 0.05) is 49.1 Å². The molecule has 1 aliphatic rings. The van der Waals surface area contributed by atoms with Crippen LogP contribution in [-0.2, 0) is 11.3 Å². The summed E-state index contributed by atoms with van der Waals surface area (Å²) in [5, 5.41) is 12.5. The molecule has 144 valence electrons. The number of nitriles is 1. The number of aryl methyl sites for hydroxylation is 1. The first-order chi connectivity index (χ1) is 13.6. The lowest BCUT2D eigenvalue weighted by atomic mass is 10.2. The van der Waals surface area contributed by atoms with E-state index in [1.165, 1.54) is 11.8 Å². The Morgan fingerprint density at radius 3 is 2.54 bits per heavy atom. The molecule has 1 amide bonds. The number of carbonyl (C=O) groups excluding carboxylic acids is 1. The summed E-state index contributed by atoms with van der Waals surface area (Å²) in [5.41, 5.74) is 3.30. The molecule has 0 unspecified atom stereocenters. The second-order valence-corrected chi connectivity index (χ2v) is 7.74. The van der Waals surface area contributed by atoms with Gasteiger partial charge in [0.15, 0.2) is 0 Å². The highest BCUT2D eigenvalue weighted by Gasteiger charge is 2.23. The molecule has 1 N–H and O–H groups in total. The predicted octanol–water partition coefficient (Wildman–Crippen LogP) is 3.92. The molecule has 2 aromatic carbocycles. The number of carbonyl (C=O) groups is 1. The van der Waals surface area contributed by atoms with Crippen molar-refractivity contribution in [1.29, 1.82) is 5.26 Å². The first-order valence-corrected chi connectivity index (χ1v) is 10.0. The molecule has 0 saturated carbocycles. The summed E-state index contributed by atoms with van der Waals surface area (Å²) in [7, 11) is 0. The molecule has 1 heterocycles. The minimum Gasteiger partial charge on any atom is -0.360 e. The molecule has 0 aromatic heterocycles. The van der Waals surface area contributed by atoms with E-state index >= 15 is 0 Å². The molecule has 0 atom stereocenters. The van der Waals surface area contributed by atoms with Crippen LogP contribution in [0.5, 0.6) is 0 Å². The summed E-state index contributed by atoms with van der Waals surface area (Å²) in [6, 6.07) is 18.2. The van der Waals surface area contributed by atoms with Crippen LogP contribution in [0.25, 0.3) is 0 Å². The summed E-state index contributed by atoms with van der Waals surface area (Å²) in [6.07, 6.45) is 1.51. The molecular weight excluding hydrogens is 416 g/mol. The van der Waals surface area contributed by atoms with Crippen molar-refractivity contribution in [2.75, 3.05) is 31.5 Å². The Labute approximate surface area is 174 Å². The Kier molecular flexibility index (Phi) is 6.85. The zero-order valence-electron chi connectivity index (χ0n) is 15.9. The number of piperazine rings is 1. The topological polar surface area (TPSA) is 59.4 Å². The Morgan fingerprint density at radius 1 is 1.18 bits per heavy atom. The van der Waals surface area contributed by atoms with Crippen LogP contribution in [0.1, 0.15) is 11.1 Å². The maximum absolute atomic E-state index is 12.7. The molecule has 1 saturated heterocycles. The summed E-state index contributed by atoms with van der Waals surface area (Å²) in [5.74, 6) is -0.218. The molecular formula is C22H23BrN4O. The zero-order chi connectivity index (χ0) is 19.9. The van der Waals surface area contributed by atoms with E-state index in [1.54, 1.807) is 4.90 Å². The minimum atomic E-state index is -0.218. The summed E-state index contributed by atoms with van der Waals surface area (Å²) in [6.45, 7) is 5.72. The molecule has 2 aromatic rings. The van der Waals surface area contributed by atoms with E-state index < -0.39 is 0 Å². The van der Waals surface area contributed by atoms with Gasteiger partial charge < -0.3 is 10.2 Å². The van der Waals surface area contributed by atoms with Gasteiger partial charge >= 0.3 is 0 Å². The van der Waals surface area contributed by atoms with Gasteiger partial charge in [-0.05, 0) is 36.2 Å². The predicted molar refractivity (Wildman–Crippen MR) is 114 cm³/mol. The minimum absolute atomic E-state index is 0.124. The zero-order valence-corrected chi connectivity index (χ0v) is 17.4. The van der Waals surface area contributed by atoms with Crippen molar-refractivity contribution < 1.29 is 4.79 Å². The quantitative estimate of drug-likeness (QED) is 0.567. The largest absolute Gasteiger partial charge is 0.360 e. The van der Waals surface area contributed by atoms with Crippen molar-refractivity contribution in [2.45, 2.75) is 13.5 Å². The van der Waals surface area contributed by atoms with E-state index in [-0.39, 0.29) is 11.5 Å². The summed E-state index contributed by atoms with van der Waals surface area (Å²) >= 11 is 3.43. The standard InChI is InChI=1S/C22H23BrN4O/c1-17-13-20(23)7-8-21(17)25-15-19(14-24)22(28)27-11-9-26(10-12-27)16-18-5-3-2-4-6-18/h2-8,13,15,25H,9-12,16H2,1H3/b19-15-. The van der Waals surface area contributed by atoms with E-state index in [0.29, 0.717) is 13.1 Å². The average molecular weight is 439 g/mol. The van der Waals surface area contributed by atoms with Gasteiger partial charge in [0.1, 0.15) is 11.6 Å². The lowest BCUT2D eigenvalue weighted by molar-refractivity contribution is -0.128. The normalized spacial score (nSPS) is 15.2. The van der Waals surface area contributed by atoms with Crippen molar-refractivity contribution in [3.8, 4) is 6.07 Å². The van der Waals surface area contributed by atoms with Crippen molar-refractivity contribution in [2.24, 2.45) is 0 Å². The fraction of sp³-hybridized carbons (Fsp3) is 0.273. The maximum Gasteiger partial charge on any atom is 0.266 e. The van der Waals surface area contributed by atoms with Gasteiger partial charge in [-0.1, -0.05) is 46.3 Å². The Bertz CT molecular complexity index is 896. The van der Waals surface area contributed by atoms with E-state index in [2.05, 4.69) is 38.3 Å². The second-order valence-electron chi connectivity index (χ2n) is 6.83. The highest BCUT2D eigenvalue weighted by Crippen LogP contribution is 2.20. The molecule has 0 aliphatic carbocycles. The lowest BCUT2D eigenvalue weighted by Crippen LogP contribution is -2.48. The Hall–Kier alpha value is -2.62. The monoisotopic (exact) mass is 438 g/mol. The van der Waals surface area contributed by atoms with E-state index in [1.807, 2.05) is 49.4 Å². The first-order valence-electron chi connectivity index (χ1n) is 9.25. The van der Waals surface area contributed by atoms with E-state index in [9.17, 15) is 10.1 Å². The fourth-order valence-corrected chi connectivity index (χ4v) is 3.68. The molecule has 6 heteroatoms. The van der Waals surface area contributed by atoms with Gasteiger partial charge in [0.05, 0.1) is 0 Å². The third kappa shape index (κ3) is 5.22. The van der Waals surface area contributed by atoms with Gasteiger partial charge in [-0.25, -0.2) is 0 Å². The SMILES string of the molecule is Cc1cc(Br)ccc1N/C=C(/C#N)C(=O)N1CCN(Cc2ccccc2)CC1. The van der Waals surface area contributed by atoms with E-state index in [0.717, 1.165) is 35.4 Å². The third-order valence-corrected chi connectivity index (χ3v) is 5.31. The number of nitrogens with zero attached hydrogens (tertiary/aromatic N) is 3. The lowest BCUT2D eigenvalue weighted by Gasteiger charge is -2.34. The van der Waals surface area contributed by atoms with Crippen LogP contribution >= 0.6 is 15.9 Å². The summed E-state index contributed by atoms with van der Waals surface area (Å²) < 4.78 is 0.990. The van der Waals surface area contributed by atoms with Gasteiger partial charge in [0.2, 0.25) is 0 Å². The number of hydrogen-bond acceptors (Lipinski definition) is 4. The number of hydrogen-bond donors (Lipinski definition) is 1. The van der Waals surface area contributed by atoms with Crippen molar-refractivity contribution in [1.82, 2.24) is 9.80 Å². The average Bonchev–Trinajstić information content (AvgIpc) is 2.71. The number of nitrogens with one attached hydrogen (secondary N) is 1. The molecule has 1 aliphatic heterocycles. The molecule has 0 radical (unpaired) electrons. The smallest absolute Gasteiger partial charge is 0.266 e. The number of benzene rings is 2. The van der Waals surface area contributed by atoms with Crippen LogP contribution in [0, 0.1) is 18.3 Å². The van der Waals surface area contributed by atoms with Gasteiger partial charge in [-0.2, -0.15) is 5.26 Å². The molecule has 5 nitrogen and oxygen atoms in total. The van der Waals surface area contributed by atoms with Gasteiger partial charge in [-0.3, -0.25) is 9.69 Å². The highest BCUT2D eigenvalue weighted by atomic mass is 79.9. The van der Waals surface area contributed by atoms with Crippen LogP contribution in [-0.4, -0.2) is 41.9 Å². The molecule has 0 spiro atoms. The van der Waals surface area contributed by atoms with Gasteiger partial charge in [0.25, 0.3) is 5.91 Å². The number of anilines is 1. The van der Waals surface area contributed by atoms with Crippen molar-refractivity contribution in [3.63, 3.8) is 0 Å². The summed E-state index contributed by atoms with van der Waals surface area (Å²) in [4.78, 5) is 16.8. The maximum atomic E-state index is 12.7. The van der Waals surface area contributed by atoms with Gasteiger partial charge in [-0.15, -0.1) is 0 Å². The van der Waals surface area contributed by atoms with Crippen LogP contribution in [0.2, 0.25) is 0 Å². The number of amides is 1.